The van der Waals surface area contributed by atoms with Crippen molar-refractivity contribution in [1.82, 2.24) is 0 Å². The van der Waals surface area contributed by atoms with Crippen LogP contribution in [-0.2, 0) is 10.2 Å². The first-order valence-electron chi connectivity index (χ1n) is 5.05. The van der Waals surface area contributed by atoms with Gasteiger partial charge in [-0.25, -0.2) is 0 Å². The molecule has 0 atom stereocenters. The quantitative estimate of drug-likeness (QED) is 0.863. The van der Waals surface area contributed by atoms with Crippen LogP contribution in [0.2, 0.25) is 5.02 Å². The highest BCUT2D eigenvalue weighted by Crippen LogP contribution is 2.47. The van der Waals surface area contributed by atoms with Crippen LogP contribution >= 0.6 is 22.9 Å². The number of halogens is 1. The molecule has 1 aliphatic rings. The van der Waals surface area contributed by atoms with E-state index in [-0.39, 0.29) is 0 Å². The van der Waals surface area contributed by atoms with Crippen molar-refractivity contribution >= 4 is 28.9 Å². The predicted octanol–water partition coefficient (Wildman–Crippen LogP) is 3.61. The van der Waals surface area contributed by atoms with E-state index in [1.54, 1.807) is 0 Å². The van der Waals surface area contributed by atoms with Crippen molar-refractivity contribution in [2.75, 3.05) is 0 Å². The van der Waals surface area contributed by atoms with E-state index >= 15 is 0 Å². The van der Waals surface area contributed by atoms with Gasteiger partial charge >= 0.3 is 5.97 Å². The molecule has 15 heavy (non-hydrogen) atoms. The summed E-state index contributed by atoms with van der Waals surface area (Å²) in [5, 5.41) is 12.0. The molecular weight excluding hydrogens is 232 g/mol. The van der Waals surface area contributed by atoms with Crippen molar-refractivity contribution in [3.05, 3.63) is 20.8 Å². The smallest absolute Gasteiger partial charge is 0.315 e. The number of thiophene rings is 1. The third-order valence-electron chi connectivity index (χ3n) is 3.20. The van der Waals surface area contributed by atoms with E-state index < -0.39 is 11.4 Å². The zero-order chi connectivity index (χ0) is 11.1. The molecule has 1 N–H and O–H groups in total. The van der Waals surface area contributed by atoms with Gasteiger partial charge in [0, 0.05) is 4.88 Å². The molecule has 1 fully saturated rings. The Morgan fingerprint density at radius 3 is 2.53 bits per heavy atom. The molecule has 1 saturated carbocycles. The van der Waals surface area contributed by atoms with E-state index in [1.165, 1.54) is 11.3 Å². The highest BCUT2D eigenvalue weighted by atomic mass is 35.5. The Kier molecular flexibility index (Phi) is 2.77. The second-order valence-electron chi connectivity index (χ2n) is 4.16. The number of carbonyl (C=O) groups is 1. The number of carboxylic acids is 1. The highest BCUT2D eigenvalue weighted by molar-refractivity contribution is 7.11. The summed E-state index contributed by atoms with van der Waals surface area (Å²) in [6.07, 6.45) is 3.42. The van der Waals surface area contributed by atoms with Crippen LogP contribution in [0.15, 0.2) is 5.38 Å². The van der Waals surface area contributed by atoms with Gasteiger partial charge in [-0.2, -0.15) is 0 Å². The summed E-state index contributed by atoms with van der Waals surface area (Å²) in [5.74, 6) is -0.719. The zero-order valence-electron chi connectivity index (χ0n) is 8.55. The molecule has 1 aliphatic carbocycles. The monoisotopic (exact) mass is 244 g/mol. The van der Waals surface area contributed by atoms with E-state index in [1.807, 2.05) is 12.3 Å². The normalized spacial score (nSPS) is 19.3. The van der Waals surface area contributed by atoms with Crippen molar-refractivity contribution in [2.24, 2.45) is 0 Å². The maximum Gasteiger partial charge on any atom is 0.315 e. The third kappa shape index (κ3) is 1.58. The molecule has 0 aromatic carbocycles. The van der Waals surface area contributed by atoms with Crippen molar-refractivity contribution < 1.29 is 9.90 Å². The topological polar surface area (TPSA) is 37.3 Å². The summed E-state index contributed by atoms with van der Waals surface area (Å²) in [4.78, 5) is 12.3. The van der Waals surface area contributed by atoms with Gasteiger partial charge in [-0.15, -0.1) is 11.3 Å². The standard InChI is InChI=1S/C11H13ClO2S/c1-7-6-15-9(8(7)12)11(10(13)14)4-2-3-5-11/h6H,2-5H2,1H3,(H,13,14). The van der Waals surface area contributed by atoms with E-state index in [2.05, 4.69) is 0 Å². The second kappa shape index (κ2) is 3.80. The predicted molar refractivity (Wildman–Crippen MR) is 61.8 cm³/mol. The minimum absolute atomic E-state index is 0.657. The summed E-state index contributed by atoms with van der Waals surface area (Å²) in [6, 6.07) is 0. The number of hydrogen-bond acceptors (Lipinski definition) is 2. The van der Waals surface area contributed by atoms with Crippen molar-refractivity contribution in [1.29, 1.82) is 0 Å². The Hall–Kier alpha value is -0.540. The number of hydrogen-bond donors (Lipinski definition) is 1. The first-order valence-corrected chi connectivity index (χ1v) is 6.31. The van der Waals surface area contributed by atoms with Gasteiger partial charge in [0.05, 0.1) is 5.02 Å². The molecule has 0 bridgehead atoms. The van der Waals surface area contributed by atoms with E-state index in [9.17, 15) is 9.90 Å². The maximum absolute atomic E-state index is 11.4. The number of aliphatic carboxylic acids is 1. The van der Waals surface area contributed by atoms with Gasteiger partial charge < -0.3 is 5.11 Å². The molecule has 0 unspecified atom stereocenters. The van der Waals surface area contributed by atoms with Gasteiger partial charge in [0.2, 0.25) is 0 Å². The molecule has 2 nitrogen and oxygen atoms in total. The summed E-state index contributed by atoms with van der Waals surface area (Å²) < 4.78 is 0. The SMILES string of the molecule is Cc1csc(C2(C(=O)O)CCCC2)c1Cl. The minimum Gasteiger partial charge on any atom is -0.481 e. The lowest BCUT2D eigenvalue weighted by molar-refractivity contribution is -0.143. The molecule has 1 aromatic heterocycles. The van der Waals surface area contributed by atoms with Gasteiger partial charge in [0.1, 0.15) is 5.41 Å². The number of carboxylic acid groups (broad SMARTS) is 1. The summed E-state index contributed by atoms with van der Waals surface area (Å²) in [6.45, 7) is 1.92. The molecule has 0 spiro atoms. The van der Waals surface area contributed by atoms with Gasteiger partial charge in [-0.3, -0.25) is 4.79 Å². The van der Waals surface area contributed by atoms with Crippen LogP contribution in [-0.4, -0.2) is 11.1 Å². The molecular formula is C11H13ClO2S. The average molecular weight is 245 g/mol. The Labute approximate surface area is 97.9 Å². The number of rotatable bonds is 2. The van der Waals surface area contributed by atoms with Gasteiger partial charge in [-0.05, 0) is 30.7 Å². The van der Waals surface area contributed by atoms with Crippen molar-refractivity contribution in [2.45, 2.75) is 38.0 Å². The lowest BCUT2D eigenvalue weighted by atomic mass is 9.84. The second-order valence-corrected chi connectivity index (χ2v) is 5.41. The molecule has 0 radical (unpaired) electrons. The maximum atomic E-state index is 11.4. The average Bonchev–Trinajstić information content (AvgIpc) is 2.77. The Morgan fingerprint density at radius 2 is 2.13 bits per heavy atom. The fraction of sp³-hybridized carbons (Fsp3) is 0.545. The Morgan fingerprint density at radius 1 is 1.53 bits per heavy atom. The highest BCUT2D eigenvalue weighted by Gasteiger charge is 2.45. The Bertz CT molecular complexity index is 391. The lowest BCUT2D eigenvalue weighted by Crippen LogP contribution is -2.31. The molecule has 2 rings (SSSR count). The van der Waals surface area contributed by atoms with E-state index in [0.717, 1.165) is 36.1 Å². The third-order valence-corrected chi connectivity index (χ3v) is 5.10. The van der Waals surface area contributed by atoms with Crippen molar-refractivity contribution in [3.63, 3.8) is 0 Å². The largest absolute Gasteiger partial charge is 0.481 e. The molecule has 82 valence electrons. The van der Waals surface area contributed by atoms with Crippen LogP contribution in [0.3, 0.4) is 0 Å². The van der Waals surface area contributed by atoms with Crippen LogP contribution in [0.5, 0.6) is 0 Å². The minimum atomic E-state index is -0.719. The van der Waals surface area contributed by atoms with Crippen LogP contribution < -0.4 is 0 Å². The van der Waals surface area contributed by atoms with E-state index in [4.69, 9.17) is 11.6 Å². The fourth-order valence-electron chi connectivity index (χ4n) is 2.27. The van der Waals surface area contributed by atoms with Crippen LogP contribution in [0.1, 0.15) is 36.1 Å². The molecule has 0 saturated heterocycles. The van der Waals surface area contributed by atoms with Gasteiger partial charge in [0.15, 0.2) is 0 Å². The zero-order valence-corrected chi connectivity index (χ0v) is 10.1. The van der Waals surface area contributed by atoms with Crippen LogP contribution in [0.4, 0.5) is 0 Å². The van der Waals surface area contributed by atoms with Gasteiger partial charge in [0.25, 0.3) is 0 Å². The Balaban J connectivity index is 2.50. The first-order chi connectivity index (χ1) is 7.08. The molecule has 0 aliphatic heterocycles. The molecule has 1 aromatic rings. The first kappa shape index (κ1) is 11.0. The lowest BCUT2D eigenvalue weighted by Gasteiger charge is -2.22. The number of aryl methyl sites for hydroxylation is 1. The van der Waals surface area contributed by atoms with Gasteiger partial charge in [-0.1, -0.05) is 24.4 Å². The van der Waals surface area contributed by atoms with Crippen LogP contribution in [0, 0.1) is 6.92 Å². The molecule has 1 heterocycles. The molecule has 0 amide bonds. The summed E-state index contributed by atoms with van der Waals surface area (Å²) in [5.41, 5.74) is 0.292. The van der Waals surface area contributed by atoms with Crippen molar-refractivity contribution in [3.8, 4) is 0 Å². The summed E-state index contributed by atoms with van der Waals surface area (Å²) >= 11 is 7.66. The van der Waals surface area contributed by atoms with Crippen LogP contribution in [0.25, 0.3) is 0 Å². The fourth-order valence-corrected chi connectivity index (χ4v) is 3.90. The van der Waals surface area contributed by atoms with E-state index in [0.29, 0.717) is 5.02 Å². The summed E-state index contributed by atoms with van der Waals surface area (Å²) in [7, 11) is 0. The molecule has 4 heteroatoms.